The van der Waals surface area contributed by atoms with Gasteiger partial charge in [0.15, 0.2) is 5.78 Å². The summed E-state index contributed by atoms with van der Waals surface area (Å²) in [4.78, 5) is 15.8. The van der Waals surface area contributed by atoms with E-state index in [0.29, 0.717) is 23.3 Å². The van der Waals surface area contributed by atoms with Gasteiger partial charge in [0.05, 0.1) is 0 Å². The molecule has 0 amide bonds. The standard InChI is InChI=1S/C14H18N2O2/c1-5-12(17)14(16-4)10-7-11(9(3)15)13(18)6-8(10)2/h6-7,18H,3,5,15H2,1-2,4H3. The summed E-state index contributed by atoms with van der Waals surface area (Å²) < 4.78 is 0. The number of ketones is 1. The summed E-state index contributed by atoms with van der Waals surface area (Å²) in [6.07, 6.45) is 0.381. The zero-order valence-electron chi connectivity index (χ0n) is 10.9. The van der Waals surface area contributed by atoms with Crippen molar-refractivity contribution < 1.29 is 9.90 Å². The molecule has 0 aliphatic heterocycles. The second-order valence-corrected chi connectivity index (χ2v) is 4.06. The lowest BCUT2D eigenvalue weighted by Crippen LogP contribution is -2.16. The molecule has 1 rings (SSSR count). The number of carbonyl (C=O) groups is 1. The normalized spacial score (nSPS) is 11.4. The van der Waals surface area contributed by atoms with E-state index in [1.807, 2.05) is 6.92 Å². The molecule has 0 aliphatic rings. The van der Waals surface area contributed by atoms with Crippen molar-refractivity contribution in [2.24, 2.45) is 10.7 Å². The molecular weight excluding hydrogens is 228 g/mol. The first-order chi connectivity index (χ1) is 8.42. The van der Waals surface area contributed by atoms with Gasteiger partial charge in [-0.25, -0.2) is 0 Å². The lowest BCUT2D eigenvalue weighted by atomic mass is 9.96. The number of hydrogen-bond acceptors (Lipinski definition) is 4. The maximum absolute atomic E-state index is 11.8. The molecular formula is C14H18N2O2. The van der Waals surface area contributed by atoms with Gasteiger partial charge in [-0.2, -0.15) is 0 Å². The molecule has 4 heteroatoms. The summed E-state index contributed by atoms with van der Waals surface area (Å²) in [6, 6.07) is 3.22. The van der Waals surface area contributed by atoms with Crippen LogP contribution >= 0.6 is 0 Å². The highest BCUT2D eigenvalue weighted by Gasteiger charge is 2.16. The van der Waals surface area contributed by atoms with Crippen LogP contribution in [-0.4, -0.2) is 23.6 Å². The van der Waals surface area contributed by atoms with Crippen LogP contribution in [0.4, 0.5) is 0 Å². The Labute approximate surface area is 107 Å². The molecule has 0 spiro atoms. The smallest absolute Gasteiger partial charge is 0.181 e. The van der Waals surface area contributed by atoms with E-state index in [0.717, 1.165) is 5.56 Å². The summed E-state index contributed by atoms with van der Waals surface area (Å²) in [5, 5.41) is 9.77. The second-order valence-electron chi connectivity index (χ2n) is 4.06. The number of hydrogen-bond donors (Lipinski definition) is 2. The van der Waals surface area contributed by atoms with Crippen molar-refractivity contribution in [3.8, 4) is 5.75 Å². The van der Waals surface area contributed by atoms with Crippen molar-refractivity contribution in [2.45, 2.75) is 20.3 Å². The van der Waals surface area contributed by atoms with Gasteiger partial charge in [-0.3, -0.25) is 9.79 Å². The van der Waals surface area contributed by atoms with Crippen molar-refractivity contribution >= 4 is 17.2 Å². The molecule has 0 radical (unpaired) electrons. The minimum absolute atomic E-state index is 0.0418. The van der Waals surface area contributed by atoms with Gasteiger partial charge in [-0.15, -0.1) is 0 Å². The topological polar surface area (TPSA) is 75.7 Å². The highest BCUT2D eigenvalue weighted by atomic mass is 16.3. The number of Topliss-reactive ketones (excluding diaryl/α,β-unsaturated/α-hetero) is 1. The largest absolute Gasteiger partial charge is 0.507 e. The number of nitrogens with two attached hydrogens (primary N) is 1. The predicted molar refractivity (Wildman–Crippen MR) is 73.8 cm³/mol. The van der Waals surface area contributed by atoms with Crippen LogP contribution in [0.3, 0.4) is 0 Å². The fourth-order valence-electron chi connectivity index (χ4n) is 1.77. The molecule has 0 heterocycles. The first-order valence-corrected chi connectivity index (χ1v) is 5.71. The van der Waals surface area contributed by atoms with Crippen molar-refractivity contribution in [3.05, 3.63) is 35.4 Å². The van der Waals surface area contributed by atoms with E-state index in [2.05, 4.69) is 11.6 Å². The Balaban J connectivity index is 3.45. The van der Waals surface area contributed by atoms with Crippen molar-refractivity contribution in [2.75, 3.05) is 7.05 Å². The first-order valence-electron chi connectivity index (χ1n) is 5.71. The third-order valence-electron chi connectivity index (χ3n) is 2.75. The fourth-order valence-corrected chi connectivity index (χ4v) is 1.77. The molecule has 0 bridgehead atoms. The third kappa shape index (κ3) is 2.59. The van der Waals surface area contributed by atoms with Gasteiger partial charge in [-0.1, -0.05) is 13.5 Å². The summed E-state index contributed by atoms with van der Waals surface area (Å²) in [7, 11) is 1.58. The van der Waals surface area contributed by atoms with E-state index in [1.54, 1.807) is 26.1 Å². The minimum Gasteiger partial charge on any atom is -0.507 e. The van der Waals surface area contributed by atoms with Gasteiger partial charge in [0.2, 0.25) is 0 Å². The number of aromatic hydroxyl groups is 1. The monoisotopic (exact) mass is 246 g/mol. The summed E-state index contributed by atoms with van der Waals surface area (Å²) >= 11 is 0. The zero-order valence-corrected chi connectivity index (χ0v) is 10.9. The van der Waals surface area contributed by atoms with Crippen LogP contribution in [0.25, 0.3) is 5.70 Å². The molecule has 0 aromatic heterocycles. The van der Waals surface area contributed by atoms with Gasteiger partial charge in [0.1, 0.15) is 11.5 Å². The molecule has 18 heavy (non-hydrogen) atoms. The van der Waals surface area contributed by atoms with Gasteiger partial charge >= 0.3 is 0 Å². The van der Waals surface area contributed by atoms with Gasteiger partial charge in [0, 0.05) is 30.3 Å². The Morgan fingerprint density at radius 3 is 2.50 bits per heavy atom. The Kier molecular flexibility index (Phi) is 4.26. The van der Waals surface area contributed by atoms with E-state index in [4.69, 9.17) is 5.73 Å². The first kappa shape index (κ1) is 14.0. The predicted octanol–water partition coefficient (Wildman–Crippen LogP) is 2.03. The third-order valence-corrected chi connectivity index (χ3v) is 2.75. The summed E-state index contributed by atoms with van der Waals surface area (Å²) in [5.41, 5.74) is 8.16. The van der Waals surface area contributed by atoms with E-state index < -0.39 is 0 Å². The fraction of sp³-hybridized carbons (Fsp3) is 0.286. The van der Waals surface area contributed by atoms with Gasteiger partial charge in [0.25, 0.3) is 0 Å². The van der Waals surface area contributed by atoms with E-state index in [9.17, 15) is 9.90 Å². The molecule has 0 atom stereocenters. The van der Waals surface area contributed by atoms with Crippen molar-refractivity contribution in [1.29, 1.82) is 0 Å². The molecule has 0 aliphatic carbocycles. The van der Waals surface area contributed by atoms with Crippen LogP contribution in [0.15, 0.2) is 23.7 Å². The maximum Gasteiger partial charge on any atom is 0.181 e. The Morgan fingerprint density at radius 1 is 1.44 bits per heavy atom. The SMILES string of the molecule is C=C(N)c1cc(C(=NC)C(=O)CC)c(C)cc1O. The van der Waals surface area contributed by atoms with Crippen molar-refractivity contribution in [1.82, 2.24) is 0 Å². The molecule has 0 fully saturated rings. The zero-order chi connectivity index (χ0) is 13.9. The van der Waals surface area contributed by atoms with E-state index in [1.165, 1.54) is 0 Å². The summed E-state index contributed by atoms with van der Waals surface area (Å²) in [5.74, 6) is 0.0167. The van der Waals surface area contributed by atoms with E-state index in [-0.39, 0.29) is 17.2 Å². The Morgan fingerprint density at radius 2 is 2.06 bits per heavy atom. The Bertz CT molecular complexity index is 531. The minimum atomic E-state index is -0.0418. The highest BCUT2D eigenvalue weighted by Crippen LogP contribution is 2.26. The number of phenolic OH excluding ortho intramolecular Hbond substituents is 1. The molecule has 4 nitrogen and oxygen atoms in total. The van der Waals surface area contributed by atoms with Crippen LogP contribution in [0.1, 0.15) is 30.0 Å². The van der Waals surface area contributed by atoms with Gasteiger partial charge in [-0.05, 0) is 24.6 Å². The van der Waals surface area contributed by atoms with Crippen LogP contribution in [0.2, 0.25) is 0 Å². The quantitative estimate of drug-likeness (QED) is 0.798. The summed E-state index contributed by atoms with van der Waals surface area (Å²) in [6.45, 7) is 7.20. The molecule has 0 saturated heterocycles. The van der Waals surface area contributed by atoms with Gasteiger partial charge < -0.3 is 10.8 Å². The van der Waals surface area contributed by atoms with Crippen LogP contribution < -0.4 is 5.73 Å². The number of nitrogens with zero attached hydrogens (tertiary/aromatic N) is 1. The Hall–Kier alpha value is -2.10. The molecule has 3 N–H and O–H groups in total. The molecule has 1 aromatic carbocycles. The number of benzene rings is 1. The molecule has 1 aromatic rings. The van der Waals surface area contributed by atoms with Crippen LogP contribution in [-0.2, 0) is 4.79 Å². The highest BCUT2D eigenvalue weighted by molar-refractivity contribution is 6.46. The maximum atomic E-state index is 11.8. The second kappa shape index (κ2) is 5.49. The number of aryl methyl sites for hydroxylation is 1. The van der Waals surface area contributed by atoms with Crippen LogP contribution in [0.5, 0.6) is 5.75 Å². The number of carbonyl (C=O) groups excluding carboxylic acids is 1. The van der Waals surface area contributed by atoms with Crippen LogP contribution in [0, 0.1) is 6.92 Å². The average Bonchev–Trinajstić information content (AvgIpc) is 2.31. The molecule has 0 unspecified atom stereocenters. The van der Waals surface area contributed by atoms with E-state index >= 15 is 0 Å². The number of aliphatic imine (C=N–C) groups is 1. The van der Waals surface area contributed by atoms with Crippen molar-refractivity contribution in [3.63, 3.8) is 0 Å². The lowest BCUT2D eigenvalue weighted by molar-refractivity contribution is -0.112. The molecule has 0 saturated carbocycles. The molecule has 96 valence electrons. The number of rotatable bonds is 4. The lowest BCUT2D eigenvalue weighted by Gasteiger charge is -2.12. The number of phenols is 1. The average molecular weight is 246 g/mol.